The van der Waals surface area contributed by atoms with Crippen LogP contribution in [0.3, 0.4) is 0 Å². The number of carbonyl (C=O) groups is 1. The number of nitrogens with one attached hydrogen (secondary N) is 1. The van der Waals surface area contributed by atoms with Crippen LogP contribution >= 0.6 is 11.3 Å². The maximum absolute atomic E-state index is 13.6. The zero-order chi connectivity index (χ0) is 15.5. The van der Waals surface area contributed by atoms with Gasteiger partial charge in [0.2, 0.25) is 5.91 Å². The lowest BCUT2D eigenvalue weighted by atomic mass is 9.90. The van der Waals surface area contributed by atoms with Gasteiger partial charge >= 0.3 is 0 Å². The lowest BCUT2D eigenvalue weighted by molar-refractivity contribution is -0.120. The second kappa shape index (κ2) is 6.69. The normalized spacial score (nSPS) is 17.2. The highest BCUT2D eigenvalue weighted by Gasteiger charge is 2.21. The van der Waals surface area contributed by atoms with Crippen molar-refractivity contribution in [3.8, 4) is 0 Å². The number of thiazole rings is 1. The summed E-state index contributed by atoms with van der Waals surface area (Å²) in [7, 11) is 0. The van der Waals surface area contributed by atoms with Crippen LogP contribution in [0.1, 0.15) is 44.9 Å². The Balaban J connectivity index is 1.74. The van der Waals surface area contributed by atoms with Crippen molar-refractivity contribution in [1.82, 2.24) is 4.98 Å². The third kappa shape index (κ3) is 3.43. The molecule has 0 radical (unpaired) electrons. The molecule has 0 atom stereocenters. The smallest absolute Gasteiger partial charge is 0.229 e. The average molecular weight is 324 g/mol. The Hall–Kier alpha value is -1.56. The van der Waals surface area contributed by atoms with Gasteiger partial charge < -0.3 is 5.32 Å². The molecule has 1 fully saturated rings. The fourth-order valence-electron chi connectivity index (χ4n) is 2.94. The number of anilines is 1. The molecule has 0 aliphatic heterocycles. The van der Waals surface area contributed by atoms with Crippen molar-refractivity contribution in [2.45, 2.75) is 44.9 Å². The monoisotopic (exact) mass is 324 g/mol. The molecular formula is C16H18F2N2OS. The Morgan fingerprint density at radius 3 is 2.55 bits per heavy atom. The van der Waals surface area contributed by atoms with Gasteiger partial charge in [0, 0.05) is 12.0 Å². The van der Waals surface area contributed by atoms with Gasteiger partial charge in [-0.1, -0.05) is 43.4 Å². The van der Waals surface area contributed by atoms with Gasteiger partial charge in [-0.15, -0.1) is 0 Å². The van der Waals surface area contributed by atoms with Gasteiger partial charge in [-0.2, -0.15) is 0 Å². The minimum Gasteiger partial charge on any atom is -0.302 e. The highest BCUT2D eigenvalue weighted by atomic mass is 32.1. The number of hydrogen-bond donors (Lipinski definition) is 1. The third-order valence-corrected chi connectivity index (χ3v) is 5.04. The molecule has 1 aromatic carbocycles. The van der Waals surface area contributed by atoms with Gasteiger partial charge in [0.25, 0.3) is 0 Å². The molecule has 0 unspecified atom stereocenters. The number of halogens is 2. The molecule has 1 saturated carbocycles. The Bertz CT molecular complexity index is 678. The van der Waals surface area contributed by atoms with Crippen molar-refractivity contribution in [3.63, 3.8) is 0 Å². The Morgan fingerprint density at radius 2 is 1.82 bits per heavy atom. The first-order valence-electron chi connectivity index (χ1n) is 7.70. The van der Waals surface area contributed by atoms with Crippen LogP contribution in [0.4, 0.5) is 13.9 Å². The summed E-state index contributed by atoms with van der Waals surface area (Å²) in [5.74, 6) is -1.39. The largest absolute Gasteiger partial charge is 0.302 e. The lowest BCUT2D eigenvalue weighted by Crippen LogP contribution is -2.23. The van der Waals surface area contributed by atoms with Crippen molar-refractivity contribution >= 4 is 32.6 Å². The lowest BCUT2D eigenvalue weighted by Gasteiger charge is -2.18. The number of benzene rings is 1. The maximum atomic E-state index is 13.6. The summed E-state index contributed by atoms with van der Waals surface area (Å²) < 4.78 is 27.2. The molecule has 6 heteroatoms. The summed E-state index contributed by atoms with van der Waals surface area (Å²) in [6, 6.07) is 2.05. The topological polar surface area (TPSA) is 42.0 Å². The molecule has 1 aliphatic rings. The van der Waals surface area contributed by atoms with E-state index < -0.39 is 11.6 Å². The SMILES string of the molecule is O=C(Nc1nc2c(F)cc(F)cc2s1)C1CCCCCCC1. The van der Waals surface area contributed by atoms with Crippen molar-refractivity contribution in [2.75, 3.05) is 5.32 Å². The van der Waals surface area contributed by atoms with Gasteiger partial charge in [-0.05, 0) is 18.9 Å². The fourth-order valence-corrected chi connectivity index (χ4v) is 3.84. The molecule has 2 aromatic rings. The maximum Gasteiger partial charge on any atom is 0.229 e. The number of carbonyl (C=O) groups excluding carboxylic acids is 1. The minimum atomic E-state index is -0.697. The van der Waals surface area contributed by atoms with Gasteiger partial charge in [0.15, 0.2) is 10.9 Å². The highest BCUT2D eigenvalue weighted by molar-refractivity contribution is 7.22. The second-order valence-electron chi connectivity index (χ2n) is 5.78. The molecule has 1 aliphatic carbocycles. The zero-order valence-electron chi connectivity index (χ0n) is 12.2. The van der Waals surface area contributed by atoms with E-state index in [9.17, 15) is 13.6 Å². The minimum absolute atomic E-state index is 0.00565. The van der Waals surface area contributed by atoms with E-state index in [1.807, 2.05) is 0 Å². The molecule has 0 saturated heterocycles. The van der Waals surface area contributed by atoms with E-state index in [2.05, 4.69) is 10.3 Å². The Labute approximate surface area is 131 Å². The summed E-state index contributed by atoms with van der Waals surface area (Å²) in [5, 5.41) is 3.11. The predicted molar refractivity (Wildman–Crippen MR) is 84.0 cm³/mol. The van der Waals surface area contributed by atoms with Crippen molar-refractivity contribution in [3.05, 3.63) is 23.8 Å². The number of amides is 1. The molecule has 1 aromatic heterocycles. The van der Waals surface area contributed by atoms with Gasteiger partial charge in [-0.3, -0.25) is 4.79 Å². The quantitative estimate of drug-likeness (QED) is 0.856. The first-order chi connectivity index (χ1) is 10.6. The Kier molecular flexibility index (Phi) is 4.66. The first kappa shape index (κ1) is 15.3. The molecule has 1 amide bonds. The van der Waals surface area contributed by atoms with Crippen molar-refractivity contribution in [2.24, 2.45) is 5.92 Å². The molecule has 1 N–H and O–H groups in total. The molecule has 3 nitrogen and oxygen atoms in total. The summed E-state index contributed by atoms with van der Waals surface area (Å²) >= 11 is 1.10. The van der Waals surface area contributed by atoms with Crippen molar-refractivity contribution < 1.29 is 13.6 Å². The van der Waals surface area contributed by atoms with Gasteiger partial charge in [-0.25, -0.2) is 13.8 Å². The molecule has 22 heavy (non-hydrogen) atoms. The number of hydrogen-bond acceptors (Lipinski definition) is 3. The van der Waals surface area contributed by atoms with Crippen LogP contribution in [0.25, 0.3) is 10.2 Å². The van der Waals surface area contributed by atoms with Crippen LogP contribution < -0.4 is 5.32 Å². The standard InChI is InChI=1S/C16H18F2N2OS/c17-11-8-12(18)14-13(9-11)22-16(19-14)20-15(21)10-6-4-2-1-3-5-7-10/h8-10H,1-7H2,(H,19,20,21). The first-order valence-corrected chi connectivity index (χ1v) is 8.51. The second-order valence-corrected chi connectivity index (χ2v) is 6.82. The number of nitrogens with zero attached hydrogens (tertiary/aromatic N) is 1. The van der Waals surface area contributed by atoms with Gasteiger partial charge in [0.1, 0.15) is 11.3 Å². The fraction of sp³-hybridized carbons (Fsp3) is 0.500. The molecule has 3 rings (SSSR count). The van der Waals surface area contributed by atoms with Crippen LogP contribution in [0.15, 0.2) is 12.1 Å². The van der Waals surface area contributed by atoms with E-state index in [1.54, 1.807) is 0 Å². The highest BCUT2D eigenvalue weighted by Crippen LogP contribution is 2.30. The zero-order valence-corrected chi connectivity index (χ0v) is 13.0. The number of rotatable bonds is 2. The number of aromatic nitrogens is 1. The van der Waals surface area contributed by atoms with Crippen LogP contribution in [0.2, 0.25) is 0 Å². The summed E-state index contributed by atoms with van der Waals surface area (Å²) in [6.07, 6.45) is 7.51. The average Bonchev–Trinajstić information content (AvgIpc) is 2.80. The molecule has 0 bridgehead atoms. The summed E-state index contributed by atoms with van der Waals surface area (Å²) in [5.41, 5.74) is 0.111. The van der Waals surface area contributed by atoms with E-state index >= 15 is 0 Å². The summed E-state index contributed by atoms with van der Waals surface area (Å²) in [4.78, 5) is 16.4. The summed E-state index contributed by atoms with van der Waals surface area (Å²) in [6.45, 7) is 0. The molecule has 0 spiro atoms. The van der Waals surface area contributed by atoms with Crippen LogP contribution in [-0.2, 0) is 4.79 Å². The van der Waals surface area contributed by atoms with E-state index in [-0.39, 0.29) is 17.3 Å². The van der Waals surface area contributed by atoms with Crippen LogP contribution in [0.5, 0.6) is 0 Å². The molecular weight excluding hydrogens is 306 g/mol. The van der Waals surface area contributed by atoms with Crippen LogP contribution in [-0.4, -0.2) is 10.9 Å². The third-order valence-electron chi connectivity index (χ3n) is 4.12. The van der Waals surface area contributed by atoms with Crippen molar-refractivity contribution in [1.29, 1.82) is 0 Å². The van der Waals surface area contributed by atoms with E-state index in [0.29, 0.717) is 9.83 Å². The van der Waals surface area contributed by atoms with E-state index in [1.165, 1.54) is 25.3 Å². The number of fused-ring (bicyclic) bond motifs is 1. The molecule has 1 heterocycles. The van der Waals surface area contributed by atoms with Crippen LogP contribution in [0, 0.1) is 17.6 Å². The molecule has 118 valence electrons. The predicted octanol–water partition coefficient (Wildman–Crippen LogP) is 4.87. The van der Waals surface area contributed by atoms with E-state index in [0.717, 1.165) is 43.1 Å². The van der Waals surface area contributed by atoms with E-state index in [4.69, 9.17) is 0 Å². The van der Waals surface area contributed by atoms with Gasteiger partial charge in [0.05, 0.1) is 4.70 Å². The Morgan fingerprint density at radius 1 is 1.14 bits per heavy atom.